The largest absolute Gasteiger partial charge is 0.391 e. The van der Waals surface area contributed by atoms with Crippen molar-refractivity contribution in [3.8, 4) is 0 Å². The molecule has 0 aliphatic rings. The topological polar surface area (TPSA) is 72.9 Å². The lowest BCUT2D eigenvalue weighted by molar-refractivity contribution is 0.0946. The van der Waals surface area contributed by atoms with Gasteiger partial charge in [-0.05, 0) is 18.4 Å². The van der Waals surface area contributed by atoms with Crippen molar-refractivity contribution in [3.63, 3.8) is 0 Å². The van der Waals surface area contributed by atoms with Gasteiger partial charge in [0, 0.05) is 18.1 Å². The average Bonchev–Trinajstić information content (AvgIpc) is 2.95. The van der Waals surface area contributed by atoms with E-state index in [1.54, 1.807) is 24.9 Å². The molecule has 1 amide bonds. The molecule has 0 bridgehead atoms. The third-order valence-corrected chi connectivity index (χ3v) is 3.82. The zero-order valence-corrected chi connectivity index (χ0v) is 12.2. The van der Waals surface area contributed by atoms with Gasteiger partial charge in [-0.25, -0.2) is 0 Å². The van der Waals surface area contributed by atoms with E-state index in [-0.39, 0.29) is 10.9 Å². The van der Waals surface area contributed by atoms with Crippen LogP contribution in [-0.2, 0) is 7.05 Å². The number of thiophene rings is 1. The van der Waals surface area contributed by atoms with Crippen LogP contribution in [0.3, 0.4) is 0 Å². The highest BCUT2D eigenvalue weighted by molar-refractivity contribution is 7.80. The summed E-state index contributed by atoms with van der Waals surface area (Å²) in [7, 11) is 1.77. The summed E-state index contributed by atoms with van der Waals surface area (Å²) in [5, 5.41) is 8.90. The highest BCUT2D eigenvalue weighted by atomic mass is 32.1. The SMILES string of the molecule is Cc1nn(C)cc1C(=O)NC(C(N)=S)c1cccs1. The summed E-state index contributed by atoms with van der Waals surface area (Å²) in [6, 6.07) is 3.35. The van der Waals surface area contributed by atoms with Crippen molar-refractivity contribution in [2.45, 2.75) is 13.0 Å². The first-order valence-corrected chi connectivity index (χ1v) is 6.91. The first kappa shape index (κ1) is 13.7. The van der Waals surface area contributed by atoms with Crippen LogP contribution in [0, 0.1) is 6.92 Å². The first-order valence-electron chi connectivity index (χ1n) is 5.63. The number of hydrogen-bond acceptors (Lipinski definition) is 4. The van der Waals surface area contributed by atoms with E-state index in [1.807, 2.05) is 17.5 Å². The number of nitrogens with one attached hydrogen (secondary N) is 1. The highest BCUT2D eigenvalue weighted by Gasteiger charge is 2.21. The van der Waals surface area contributed by atoms with Gasteiger partial charge in [0.2, 0.25) is 0 Å². The lowest BCUT2D eigenvalue weighted by Crippen LogP contribution is -2.36. The predicted molar refractivity (Wildman–Crippen MR) is 79.3 cm³/mol. The molecule has 5 nitrogen and oxygen atoms in total. The minimum Gasteiger partial charge on any atom is -0.391 e. The summed E-state index contributed by atoms with van der Waals surface area (Å²) in [4.78, 5) is 13.4. The van der Waals surface area contributed by atoms with E-state index in [2.05, 4.69) is 10.4 Å². The van der Waals surface area contributed by atoms with Gasteiger partial charge in [-0.1, -0.05) is 18.3 Å². The third kappa shape index (κ3) is 2.99. The number of thiocarbonyl (C=S) groups is 1. The van der Waals surface area contributed by atoms with Gasteiger partial charge in [0.05, 0.1) is 11.3 Å². The van der Waals surface area contributed by atoms with Crippen LogP contribution in [0.15, 0.2) is 23.7 Å². The number of aryl methyl sites for hydroxylation is 2. The molecule has 1 atom stereocenters. The van der Waals surface area contributed by atoms with Gasteiger partial charge in [-0.15, -0.1) is 11.3 Å². The Morgan fingerprint density at radius 1 is 1.63 bits per heavy atom. The summed E-state index contributed by atoms with van der Waals surface area (Å²) in [6.07, 6.45) is 1.68. The summed E-state index contributed by atoms with van der Waals surface area (Å²) in [5.41, 5.74) is 6.90. The average molecular weight is 294 g/mol. The van der Waals surface area contributed by atoms with Gasteiger partial charge < -0.3 is 11.1 Å². The molecule has 2 aromatic heterocycles. The van der Waals surface area contributed by atoms with E-state index in [0.29, 0.717) is 11.3 Å². The second kappa shape index (κ2) is 5.50. The van der Waals surface area contributed by atoms with E-state index in [1.165, 1.54) is 11.3 Å². The second-order valence-corrected chi connectivity index (χ2v) is 5.58. The number of hydrogen-bond donors (Lipinski definition) is 2. The number of amides is 1. The summed E-state index contributed by atoms with van der Waals surface area (Å²) in [6.45, 7) is 1.79. The van der Waals surface area contributed by atoms with Crippen molar-refractivity contribution < 1.29 is 4.79 Å². The summed E-state index contributed by atoms with van der Waals surface area (Å²) in [5.74, 6) is -0.225. The van der Waals surface area contributed by atoms with Crippen LogP contribution < -0.4 is 11.1 Å². The molecular formula is C12H14N4OS2. The molecule has 0 saturated heterocycles. The molecular weight excluding hydrogens is 280 g/mol. The number of carbonyl (C=O) groups is 1. The van der Waals surface area contributed by atoms with E-state index < -0.39 is 6.04 Å². The lowest BCUT2D eigenvalue weighted by Gasteiger charge is -2.15. The van der Waals surface area contributed by atoms with Gasteiger partial charge >= 0.3 is 0 Å². The maximum Gasteiger partial charge on any atom is 0.255 e. The van der Waals surface area contributed by atoms with Crippen LogP contribution in [0.25, 0.3) is 0 Å². The number of aromatic nitrogens is 2. The molecule has 7 heteroatoms. The molecule has 0 aromatic carbocycles. The number of carbonyl (C=O) groups excluding carboxylic acids is 1. The van der Waals surface area contributed by atoms with Crippen molar-refractivity contribution in [1.29, 1.82) is 0 Å². The zero-order chi connectivity index (χ0) is 14.0. The standard InChI is InChI=1S/C12H14N4OS2/c1-7-8(6-16(2)15-7)12(17)14-10(11(13)18)9-4-3-5-19-9/h3-6,10H,1-2H3,(H2,13,18)(H,14,17). The van der Waals surface area contributed by atoms with Gasteiger partial charge in [0.25, 0.3) is 5.91 Å². The molecule has 2 heterocycles. The van der Waals surface area contributed by atoms with Crippen molar-refractivity contribution in [1.82, 2.24) is 15.1 Å². The van der Waals surface area contributed by atoms with E-state index in [0.717, 1.165) is 4.88 Å². The minimum atomic E-state index is -0.442. The smallest absolute Gasteiger partial charge is 0.255 e. The van der Waals surface area contributed by atoms with Gasteiger partial charge in [0.15, 0.2) is 0 Å². The van der Waals surface area contributed by atoms with E-state index in [4.69, 9.17) is 18.0 Å². The Hall–Kier alpha value is -1.73. The van der Waals surface area contributed by atoms with E-state index in [9.17, 15) is 4.79 Å². The molecule has 0 spiro atoms. The third-order valence-electron chi connectivity index (χ3n) is 2.65. The monoisotopic (exact) mass is 294 g/mol. The Labute approximate surface area is 120 Å². The normalized spacial score (nSPS) is 12.1. The number of rotatable bonds is 4. The quantitative estimate of drug-likeness (QED) is 0.839. The Balaban J connectivity index is 2.21. The maximum absolute atomic E-state index is 12.2. The van der Waals surface area contributed by atoms with Crippen molar-refractivity contribution >= 4 is 34.5 Å². The van der Waals surface area contributed by atoms with Crippen LogP contribution in [0.1, 0.15) is 27.0 Å². The van der Waals surface area contributed by atoms with Gasteiger partial charge in [-0.2, -0.15) is 5.10 Å². The fourth-order valence-corrected chi connectivity index (χ4v) is 2.82. The molecule has 0 radical (unpaired) electrons. The summed E-state index contributed by atoms with van der Waals surface area (Å²) >= 11 is 6.52. The highest BCUT2D eigenvalue weighted by Crippen LogP contribution is 2.20. The fraction of sp³-hybridized carbons (Fsp3) is 0.250. The fourth-order valence-electron chi connectivity index (χ4n) is 1.77. The van der Waals surface area contributed by atoms with Crippen molar-refractivity contribution in [2.24, 2.45) is 12.8 Å². The predicted octanol–water partition coefficient (Wildman–Crippen LogP) is 1.55. The molecule has 0 aliphatic heterocycles. The van der Waals surface area contributed by atoms with Gasteiger partial charge in [-0.3, -0.25) is 9.48 Å². The van der Waals surface area contributed by atoms with Crippen LogP contribution in [0.2, 0.25) is 0 Å². The van der Waals surface area contributed by atoms with Crippen molar-refractivity contribution in [3.05, 3.63) is 39.8 Å². The Kier molecular flexibility index (Phi) is 3.96. The first-order chi connectivity index (χ1) is 8.99. The Morgan fingerprint density at radius 3 is 2.84 bits per heavy atom. The molecule has 19 heavy (non-hydrogen) atoms. The maximum atomic E-state index is 12.2. The van der Waals surface area contributed by atoms with E-state index >= 15 is 0 Å². The minimum absolute atomic E-state index is 0.225. The van der Waals surface area contributed by atoms with Crippen LogP contribution in [-0.4, -0.2) is 20.7 Å². The van der Waals surface area contributed by atoms with Crippen LogP contribution in [0.4, 0.5) is 0 Å². The lowest BCUT2D eigenvalue weighted by atomic mass is 10.2. The van der Waals surface area contributed by atoms with Gasteiger partial charge in [0.1, 0.15) is 11.0 Å². The molecule has 0 fully saturated rings. The van der Waals surface area contributed by atoms with Crippen molar-refractivity contribution in [2.75, 3.05) is 0 Å². The molecule has 2 aromatic rings. The molecule has 100 valence electrons. The Bertz CT molecular complexity index is 603. The van der Waals surface area contributed by atoms with Crippen LogP contribution in [0.5, 0.6) is 0 Å². The Morgan fingerprint density at radius 2 is 2.37 bits per heavy atom. The number of nitrogens with two attached hydrogens (primary N) is 1. The molecule has 2 rings (SSSR count). The molecule has 3 N–H and O–H groups in total. The van der Waals surface area contributed by atoms with Crippen LogP contribution >= 0.6 is 23.6 Å². The molecule has 0 saturated carbocycles. The number of nitrogens with zero attached hydrogens (tertiary/aromatic N) is 2. The zero-order valence-electron chi connectivity index (χ0n) is 10.6. The molecule has 0 aliphatic carbocycles. The second-order valence-electron chi connectivity index (χ2n) is 4.13. The summed E-state index contributed by atoms with van der Waals surface area (Å²) < 4.78 is 1.60. The molecule has 1 unspecified atom stereocenters.